The Hall–Kier alpha value is -3.12. The number of anilines is 2. The summed E-state index contributed by atoms with van der Waals surface area (Å²) in [5.74, 6) is 0.701. The van der Waals surface area contributed by atoms with Crippen LogP contribution in [0.2, 0.25) is 5.02 Å². The fourth-order valence-electron chi connectivity index (χ4n) is 2.48. The van der Waals surface area contributed by atoms with Crippen LogP contribution in [0.15, 0.2) is 66.9 Å². The maximum absolute atomic E-state index is 13.6. The lowest BCUT2D eigenvalue weighted by Crippen LogP contribution is -2.20. The summed E-state index contributed by atoms with van der Waals surface area (Å²) in [5, 5.41) is 6.44. The van der Waals surface area contributed by atoms with Crippen LogP contribution >= 0.6 is 11.6 Å². The number of amides is 1. The molecule has 1 heterocycles. The highest BCUT2D eigenvalue weighted by atomic mass is 35.5. The van der Waals surface area contributed by atoms with Crippen molar-refractivity contribution in [1.82, 2.24) is 4.98 Å². The zero-order valence-electron chi connectivity index (χ0n) is 15.0. The number of carbonyl (C=O) groups is 1. The molecule has 0 bridgehead atoms. The zero-order valence-corrected chi connectivity index (χ0v) is 15.7. The highest BCUT2D eigenvalue weighted by Crippen LogP contribution is 2.16. The largest absolute Gasteiger partial charge is 0.484 e. The summed E-state index contributed by atoms with van der Waals surface area (Å²) in [6.07, 6.45) is 2.10. The highest BCUT2D eigenvalue weighted by molar-refractivity contribution is 6.30. The molecule has 0 unspecified atom stereocenters. The van der Waals surface area contributed by atoms with Gasteiger partial charge in [0.05, 0.1) is 11.9 Å². The van der Waals surface area contributed by atoms with E-state index in [0.717, 1.165) is 0 Å². The summed E-state index contributed by atoms with van der Waals surface area (Å²) in [6, 6.07) is 16.9. The average molecular weight is 400 g/mol. The molecule has 0 spiro atoms. The van der Waals surface area contributed by atoms with Crippen molar-refractivity contribution >= 4 is 29.0 Å². The topological polar surface area (TPSA) is 63.2 Å². The predicted molar refractivity (Wildman–Crippen MR) is 108 cm³/mol. The highest BCUT2D eigenvalue weighted by Gasteiger charge is 2.05. The molecule has 3 aromatic rings. The molecule has 0 radical (unpaired) electrons. The van der Waals surface area contributed by atoms with E-state index in [2.05, 4.69) is 15.6 Å². The molecular weight excluding hydrogens is 381 g/mol. The van der Waals surface area contributed by atoms with Crippen LogP contribution in [0.5, 0.6) is 5.75 Å². The number of hydrogen-bond acceptors (Lipinski definition) is 4. The van der Waals surface area contributed by atoms with E-state index in [4.69, 9.17) is 16.3 Å². The molecule has 0 aliphatic carbocycles. The molecule has 28 heavy (non-hydrogen) atoms. The van der Waals surface area contributed by atoms with Crippen LogP contribution in [0.4, 0.5) is 15.9 Å². The lowest BCUT2D eigenvalue weighted by atomic mass is 10.1. The fourth-order valence-corrected chi connectivity index (χ4v) is 2.60. The normalized spacial score (nSPS) is 10.4. The van der Waals surface area contributed by atoms with Crippen molar-refractivity contribution in [3.05, 3.63) is 83.3 Å². The Morgan fingerprint density at radius 2 is 1.86 bits per heavy atom. The van der Waals surface area contributed by atoms with E-state index in [1.54, 1.807) is 54.7 Å². The minimum Gasteiger partial charge on any atom is -0.484 e. The average Bonchev–Trinajstić information content (AvgIpc) is 2.70. The van der Waals surface area contributed by atoms with Crippen molar-refractivity contribution in [3.63, 3.8) is 0 Å². The number of hydrogen-bond donors (Lipinski definition) is 2. The Morgan fingerprint density at radius 1 is 1.07 bits per heavy atom. The van der Waals surface area contributed by atoms with Gasteiger partial charge >= 0.3 is 0 Å². The van der Waals surface area contributed by atoms with Gasteiger partial charge in [-0.3, -0.25) is 4.79 Å². The molecule has 1 amide bonds. The first-order valence-corrected chi connectivity index (χ1v) is 9.09. The molecule has 144 valence electrons. The number of carbonyl (C=O) groups excluding carboxylic acids is 1. The monoisotopic (exact) mass is 399 g/mol. The van der Waals surface area contributed by atoms with Gasteiger partial charge in [0.25, 0.3) is 5.91 Å². The number of ether oxygens (including phenoxy) is 1. The second kappa shape index (κ2) is 9.71. The fraction of sp³-hybridized carbons (Fsp3) is 0.143. The first kappa shape index (κ1) is 19.6. The predicted octanol–water partition coefficient (Wildman–Crippen LogP) is 4.55. The van der Waals surface area contributed by atoms with E-state index < -0.39 is 0 Å². The van der Waals surface area contributed by atoms with Gasteiger partial charge < -0.3 is 15.4 Å². The first-order valence-electron chi connectivity index (χ1n) is 8.72. The van der Waals surface area contributed by atoms with Crippen molar-refractivity contribution in [1.29, 1.82) is 0 Å². The summed E-state index contributed by atoms with van der Waals surface area (Å²) >= 11 is 5.80. The van der Waals surface area contributed by atoms with E-state index in [0.29, 0.717) is 40.8 Å². The lowest BCUT2D eigenvalue weighted by Gasteiger charge is -2.09. The van der Waals surface area contributed by atoms with Crippen LogP contribution in [0.1, 0.15) is 5.56 Å². The molecule has 3 rings (SSSR count). The number of nitrogens with one attached hydrogen (secondary N) is 2. The van der Waals surface area contributed by atoms with Gasteiger partial charge in [0.2, 0.25) is 0 Å². The van der Waals surface area contributed by atoms with Crippen LogP contribution in [-0.2, 0) is 11.2 Å². The van der Waals surface area contributed by atoms with Gasteiger partial charge in [-0.25, -0.2) is 9.37 Å². The Kier molecular flexibility index (Phi) is 6.81. The molecule has 5 nitrogen and oxygen atoms in total. The van der Waals surface area contributed by atoms with Crippen LogP contribution in [0.25, 0.3) is 0 Å². The summed E-state index contributed by atoms with van der Waals surface area (Å²) in [4.78, 5) is 16.2. The van der Waals surface area contributed by atoms with Crippen molar-refractivity contribution in [2.24, 2.45) is 0 Å². The number of benzene rings is 2. The standard InChI is InChI=1S/C21H19ClFN3O2/c22-16-5-8-18(9-6-16)28-14-21(27)26-17-7-10-20(25-13-17)24-12-11-15-3-1-2-4-19(15)23/h1-10,13H,11-12,14H2,(H,24,25)(H,26,27). The Labute approximate surface area is 167 Å². The van der Waals surface area contributed by atoms with Crippen molar-refractivity contribution in [2.45, 2.75) is 6.42 Å². The van der Waals surface area contributed by atoms with Crippen LogP contribution in [0.3, 0.4) is 0 Å². The molecule has 1 aromatic heterocycles. The molecule has 0 fully saturated rings. The SMILES string of the molecule is O=C(COc1ccc(Cl)cc1)Nc1ccc(NCCc2ccccc2F)nc1. The summed E-state index contributed by atoms with van der Waals surface area (Å²) in [6.45, 7) is 0.429. The third-order valence-electron chi connectivity index (χ3n) is 3.89. The minimum atomic E-state index is -0.294. The van der Waals surface area contributed by atoms with Crippen LogP contribution < -0.4 is 15.4 Å². The molecular formula is C21H19ClFN3O2. The second-order valence-electron chi connectivity index (χ2n) is 5.99. The molecule has 0 atom stereocenters. The zero-order chi connectivity index (χ0) is 19.8. The summed E-state index contributed by atoms with van der Waals surface area (Å²) < 4.78 is 19.0. The quantitative estimate of drug-likeness (QED) is 0.583. The second-order valence-corrected chi connectivity index (χ2v) is 6.43. The third-order valence-corrected chi connectivity index (χ3v) is 4.14. The number of halogens is 2. The Balaban J connectivity index is 1.42. The van der Waals surface area contributed by atoms with E-state index >= 15 is 0 Å². The van der Waals surface area contributed by atoms with Gasteiger partial charge in [0, 0.05) is 11.6 Å². The summed E-state index contributed by atoms with van der Waals surface area (Å²) in [7, 11) is 0. The maximum atomic E-state index is 13.6. The summed E-state index contributed by atoms with van der Waals surface area (Å²) in [5.41, 5.74) is 1.21. The number of rotatable bonds is 8. The van der Waals surface area contributed by atoms with E-state index in [1.807, 2.05) is 6.07 Å². The molecule has 0 saturated carbocycles. The van der Waals surface area contributed by atoms with E-state index in [9.17, 15) is 9.18 Å². The van der Waals surface area contributed by atoms with Crippen LogP contribution in [-0.4, -0.2) is 24.0 Å². The van der Waals surface area contributed by atoms with Gasteiger partial charge in [-0.05, 0) is 54.4 Å². The Morgan fingerprint density at radius 3 is 2.57 bits per heavy atom. The van der Waals surface area contributed by atoms with Crippen molar-refractivity contribution < 1.29 is 13.9 Å². The minimum absolute atomic E-state index is 0.121. The lowest BCUT2D eigenvalue weighted by molar-refractivity contribution is -0.118. The van der Waals surface area contributed by atoms with Gasteiger partial charge in [0.15, 0.2) is 6.61 Å². The van der Waals surface area contributed by atoms with Crippen molar-refractivity contribution in [2.75, 3.05) is 23.8 Å². The number of pyridine rings is 1. The van der Waals surface area contributed by atoms with Gasteiger partial charge in [-0.15, -0.1) is 0 Å². The molecule has 0 saturated heterocycles. The molecule has 0 aliphatic rings. The Bertz CT molecular complexity index is 918. The molecule has 2 aromatic carbocycles. The molecule has 0 aliphatic heterocycles. The maximum Gasteiger partial charge on any atom is 0.262 e. The van der Waals surface area contributed by atoms with Crippen molar-refractivity contribution in [3.8, 4) is 5.75 Å². The smallest absolute Gasteiger partial charge is 0.262 e. The van der Waals surface area contributed by atoms with E-state index in [1.165, 1.54) is 6.07 Å². The molecule has 2 N–H and O–H groups in total. The number of aromatic nitrogens is 1. The number of nitrogens with zero attached hydrogens (tertiary/aromatic N) is 1. The van der Waals surface area contributed by atoms with E-state index in [-0.39, 0.29) is 18.3 Å². The van der Waals surface area contributed by atoms with Gasteiger partial charge in [0.1, 0.15) is 17.4 Å². The first-order chi connectivity index (χ1) is 13.6. The van der Waals surface area contributed by atoms with Gasteiger partial charge in [-0.1, -0.05) is 29.8 Å². The third kappa shape index (κ3) is 5.96. The van der Waals surface area contributed by atoms with Gasteiger partial charge in [-0.2, -0.15) is 0 Å². The van der Waals surface area contributed by atoms with Crippen LogP contribution in [0, 0.1) is 5.82 Å². The molecule has 7 heteroatoms.